The van der Waals surface area contributed by atoms with Crippen molar-refractivity contribution in [2.45, 2.75) is 0 Å². The van der Waals surface area contributed by atoms with Crippen LogP contribution in [0.3, 0.4) is 0 Å². The van der Waals surface area contributed by atoms with Gasteiger partial charge in [-0.05, 0) is 18.2 Å². The smallest absolute Gasteiger partial charge is 0.258 e. The van der Waals surface area contributed by atoms with Gasteiger partial charge >= 0.3 is 0 Å². The number of ether oxygens (including phenoxy) is 1. The number of rotatable bonds is 5. The van der Waals surface area contributed by atoms with E-state index in [4.69, 9.17) is 16.3 Å². The molecule has 7 heteroatoms. The highest BCUT2D eigenvalue weighted by Gasteiger charge is 2.16. The molecule has 114 valence electrons. The van der Waals surface area contributed by atoms with E-state index in [0.717, 1.165) is 13.1 Å². The minimum atomic E-state index is -0.335. The van der Waals surface area contributed by atoms with Crippen LogP contribution in [0.2, 0.25) is 5.02 Å². The molecule has 21 heavy (non-hydrogen) atoms. The van der Waals surface area contributed by atoms with Crippen molar-refractivity contribution >= 4 is 23.4 Å². The zero-order chi connectivity index (χ0) is 15.1. The Labute approximate surface area is 128 Å². The number of carbonyl (C=O) groups is 2. The quantitative estimate of drug-likeness (QED) is 0.819. The van der Waals surface area contributed by atoms with Crippen LogP contribution in [-0.2, 0) is 9.59 Å². The summed E-state index contributed by atoms with van der Waals surface area (Å²) in [4.78, 5) is 25.2. The molecule has 1 heterocycles. The van der Waals surface area contributed by atoms with E-state index in [2.05, 4.69) is 10.6 Å². The zero-order valence-corrected chi connectivity index (χ0v) is 12.4. The summed E-state index contributed by atoms with van der Waals surface area (Å²) >= 11 is 5.81. The lowest BCUT2D eigenvalue weighted by atomic mass is 10.3. The summed E-state index contributed by atoms with van der Waals surface area (Å²) in [5.74, 6) is 0.108. The third-order valence-electron chi connectivity index (χ3n) is 3.07. The van der Waals surface area contributed by atoms with Gasteiger partial charge in [0.05, 0.1) is 6.54 Å². The molecule has 0 spiro atoms. The molecule has 2 N–H and O–H groups in total. The molecule has 1 saturated heterocycles. The Hall–Kier alpha value is -1.79. The van der Waals surface area contributed by atoms with E-state index in [9.17, 15) is 9.59 Å². The molecule has 0 atom stereocenters. The fraction of sp³-hybridized carbons (Fsp3) is 0.429. The molecule has 1 aliphatic rings. The Bertz CT molecular complexity index is 504. The SMILES string of the molecule is O=C(COc1cccc(Cl)c1)NCC(=O)N1CCNCC1. The second kappa shape index (κ2) is 7.85. The van der Waals surface area contributed by atoms with E-state index in [1.54, 1.807) is 29.2 Å². The van der Waals surface area contributed by atoms with Gasteiger partial charge in [-0.3, -0.25) is 9.59 Å². The number of nitrogens with zero attached hydrogens (tertiary/aromatic N) is 1. The Morgan fingerprint density at radius 1 is 1.33 bits per heavy atom. The van der Waals surface area contributed by atoms with Gasteiger partial charge in [-0.15, -0.1) is 0 Å². The van der Waals surface area contributed by atoms with Crippen LogP contribution < -0.4 is 15.4 Å². The number of piperazine rings is 1. The summed E-state index contributed by atoms with van der Waals surface area (Å²) in [5.41, 5.74) is 0. The molecular weight excluding hydrogens is 294 g/mol. The first-order valence-electron chi connectivity index (χ1n) is 6.79. The van der Waals surface area contributed by atoms with E-state index >= 15 is 0 Å². The normalized spacial score (nSPS) is 14.6. The predicted molar refractivity (Wildman–Crippen MR) is 79.4 cm³/mol. The number of amides is 2. The number of carbonyl (C=O) groups excluding carboxylic acids is 2. The monoisotopic (exact) mass is 311 g/mol. The summed E-state index contributed by atoms with van der Waals surface area (Å²) < 4.78 is 5.30. The maximum absolute atomic E-state index is 11.8. The molecule has 2 rings (SSSR count). The van der Waals surface area contributed by atoms with Crippen molar-refractivity contribution in [1.82, 2.24) is 15.5 Å². The Balaban J connectivity index is 1.68. The molecule has 2 amide bonds. The number of hydrogen-bond donors (Lipinski definition) is 2. The highest BCUT2D eigenvalue weighted by molar-refractivity contribution is 6.30. The summed E-state index contributed by atoms with van der Waals surface area (Å²) in [7, 11) is 0. The third-order valence-corrected chi connectivity index (χ3v) is 3.31. The molecule has 1 aliphatic heterocycles. The number of nitrogens with one attached hydrogen (secondary N) is 2. The van der Waals surface area contributed by atoms with Gasteiger partial charge < -0.3 is 20.3 Å². The highest BCUT2D eigenvalue weighted by Crippen LogP contribution is 2.16. The summed E-state index contributed by atoms with van der Waals surface area (Å²) in [6, 6.07) is 6.80. The fourth-order valence-corrected chi connectivity index (χ4v) is 2.14. The topological polar surface area (TPSA) is 70.7 Å². The average molecular weight is 312 g/mol. The van der Waals surface area contributed by atoms with Crippen LogP contribution in [0.5, 0.6) is 5.75 Å². The standard InChI is InChI=1S/C14H18ClN3O3/c15-11-2-1-3-12(8-11)21-10-13(19)17-9-14(20)18-6-4-16-5-7-18/h1-3,8,16H,4-7,9-10H2,(H,17,19). The lowest BCUT2D eigenvalue weighted by Crippen LogP contribution is -2.49. The third kappa shape index (κ3) is 5.24. The van der Waals surface area contributed by atoms with Crippen LogP contribution in [0.1, 0.15) is 0 Å². The van der Waals surface area contributed by atoms with E-state index in [0.29, 0.717) is 23.9 Å². The van der Waals surface area contributed by atoms with Gasteiger partial charge in [-0.2, -0.15) is 0 Å². The number of halogens is 1. The van der Waals surface area contributed by atoms with Gasteiger partial charge in [0, 0.05) is 31.2 Å². The van der Waals surface area contributed by atoms with Crippen molar-refractivity contribution in [3.63, 3.8) is 0 Å². The summed E-state index contributed by atoms with van der Waals surface area (Å²) in [5, 5.41) is 6.26. The highest BCUT2D eigenvalue weighted by atomic mass is 35.5. The zero-order valence-electron chi connectivity index (χ0n) is 11.6. The van der Waals surface area contributed by atoms with Crippen LogP contribution in [0, 0.1) is 0 Å². The van der Waals surface area contributed by atoms with Crippen molar-refractivity contribution in [2.75, 3.05) is 39.3 Å². The molecular formula is C14H18ClN3O3. The van der Waals surface area contributed by atoms with Gasteiger partial charge in [-0.25, -0.2) is 0 Å². The lowest BCUT2D eigenvalue weighted by molar-refractivity contribution is -0.133. The maximum Gasteiger partial charge on any atom is 0.258 e. The van der Waals surface area contributed by atoms with E-state index in [1.165, 1.54) is 0 Å². The Morgan fingerprint density at radius 3 is 2.81 bits per heavy atom. The molecule has 0 bridgehead atoms. The van der Waals surface area contributed by atoms with Gasteiger partial charge in [0.25, 0.3) is 5.91 Å². The first-order chi connectivity index (χ1) is 10.1. The van der Waals surface area contributed by atoms with Crippen LogP contribution in [0.15, 0.2) is 24.3 Å². The first kappa shape index (κ1) is 15.6. The van der Waals surface area contributed by atoms with Gasteiger partial charge in [0.15, 0.2) is 6.61 Å². The molecule has 6 nitrogen and oxygen atoms in total. The second-order valence-corrected chi connectivity index (χ2v) is 5.09. The minimum Gasteiger partial charge on any atom is -0.484 e. The molecule has 1 fully saturated rings. The van der Waals surface area contributed by atoms with Crippen molar-refractivity contribution in [3.8, 4) is 5.75 Å². The Kier molecular flexibility index (Phi) is 5.83. The molecule has 0 aromatic heterocycles. The summed E-state index contributed by atoms with van der Waals surface area (Å²) in [6.07, 6.45) is 0. The van der Waals surface area contributed by atoms with Crippen LogP contribution >= 0.6 is 11.6 Å². The van der Waals surface area contributed by atoms with Crippen LogP contribution in [0.4, 0.5) is 0 Å². The molecule has 0 saturated carbocycles. The van der Waals surface area contributed by atoms with Crippen molar-refractivity contribution < 1.29 is 14.3 Å². The summed E-state index contributed by atoms with van der Waals surface area (Å²) in [6.45, 7) is 2.78. The fourth-order valence-electron chi connectivity index (χ4n) is 1.96. The first-order valence-corrected chi connectivity index (χ1v) is 7.16. The van der Waals surface area contributed by atoms with Gasteiger partial charge in [0.2, 0.25) is 5.91 Å². The van der Waals surface area contributed by atoms with Crippen molar-refractivity contribution in [2.24, 2.45) is 0 Å². The van der Waals surface area contributed by atoms with Gasteiger partial charge in [-0.1, -0.05) is 17.7 Å². The van der Waals surface area contributed by atoms with E-state index < -0.39 is 0 Å². The molecule has 0 unspecified atom stereocenters. The lowest BCUT2D eigenvalue weighted by Gasteiger charge is -2.27. The van der Waals surface area contributed by atoms with Crippen LogP contribution in [-0.4, -0.2) is 56.0 Å². The Morgan fingerprint density at radius 2 is 2.10 bits per heavy atom. The molecule has 1 aromatic rings. The number of benzene rings is 1. The predicted octanol–water partition coefficient (Wildman–Crippen LogP) is 0.267. The number of hydrogen-bond acceptors (Lipinski definition) is 4. The minimum absolute atomic E-state index is 0.00224. The molecule has 0 aliphatic carbocycles. The molecule has 0 radical (unpaired) electrons. The van der Waals surface area contributed by atoms with Gasteiger partial charge in [0.1, 0.15) is 5.75 Å². The van der Waals surface area contributed by atoms with E-state index in [1.807, 2.05) is 0 Å². The largest absolute Gasteiger partial charge is 0.484 e. The average Bonchev–Trinajstić information content (AvgIpc) is 2.51. The second-order valence-electron chi connectivity index (χ2n) is 4.65. The molecule has 1 aromatic carbocycles. The maximum atomic E-state index is 11.8. The van der Waals surface area contributed by atoms with Crippen molar-refractivity contribution in [1.29, 1.82) is 0 Å². The van der Waals surface area contributed by atoms with Crippen LogP contribution in [0.25, 0.3) is 0 Å². The van der Waals surface area contributed by atoms with Crippen molar-refractivity contribution in [3.05, 3.63) is 29.3 Å². The van der Waals surface area contributed by atoms with E-state index in [-0.39, 0.29) is 25.0 Å².